The summed E-state index contributed by atoms with van der Waals surface area (Å²) in [6.07, 6.45) is 5.39. The van der Waals surface area contributed by atoms with Gasteiger partial charge in [-0.2, -0.15) is 0 Å². The number of methoxy groups -OCH3 is 1. The number of carboxylic acid groups (broad SMARTS) is 1. The molecule has 0 spiro atoms. The average molecular weight is 302 g/mol. The first-order chi connectivity index (χ1) is 10.5. The summed E-state index contributed by atoms with van der Waals surface area (Å²) in [4.78, 5) is 22.4. The minimum absolute atomic E-state index is 0.0432. The lowest BCUT2D eigenvalue weighted by atomic mass is 9.78. The van der Waals surface area contributed by atoms with Gasteiger partial charge in [0.25, 0.3) is 0 Å². The highest BCUT2D eigenvalue weighted by molar-refractivity contribution is 5.91. The Balaban J connectivity index is 1.99. The Bertz CT molecular complexity index is 563. The maximum Gasteiger partial charge on any atom is 0.331 e. The van der Waals surface area contributed by atoms with Crippen molar-refractivity contribution in [1.82, 2.24) is 0 Å². The molecule has 4 nitrogen and oxygen atoms in total. The van der Waals surface area contributed by atoms with Crippen LogP contribution in [-0.4, -0.2) is 24.2 Å². The summed E-state index contributed by atoms with van der Waals surface area (Å²) in [6, 6.07) is 8.02. The highest BCUT2D eigenvalue weighted by Gasteiger charge is 2.27. The molecule has 0 radical (unpaired) electrons. The lowest BCUT2D eigenvalue weighted by Crippen LogP contribution is -2.22. The van der Waals surface area contributed by atoms with Gasteiger partial charge in [0.05, 0.1) is 13.0 Å². The maximum absolute atomic E-state index is 11.5. The first-order valence-electron chi connectivity index (χ1n) is 7.60. The van der Waals surface area contributed by atoms with Crippen molar-refractivity contribution in [2.45, 2.75) is 38.5 Å². The van der Waals surface area contributed by atoms with Crippen molar-refractivity contribution < 1.29 is 19.4 Å². The summed E-state index contributed by atoms with van der Waals surface area (Å²) < 4.78 is 4.81. The number of hydrogen-bond acceptors (Lipinski definition) is 3. The van der Waals surface area contributed by atoms with Crippen LogP contribution in [0, 0.1) is 5.92 Å². The number of ether oxygens (including phenoxy) is 1. The van der Waals surface area contributed by atoms with Crippen molar-refractivity contribution in [3.05, 3.63) is 41.0 Å². The van der Waals surface area contributed by atoms with E-state index in [2.05, 4.69) is 12.1 Å². The summed E-state index contributed by atoms with van der Waals surface area (Å²) in [6.45, 7) is 1.59. The molecule has 1 fully saturated rings. The van der Waals surface area contributed by atoms with Gasteiger partial charge in [0, 0.05) is 5.57 Å². The average Bonchev–Trinajstić information content (AvgIpc) is 2.55. The number of rotatable bonds is 4. The highest BCUT2D eigenvalue weighted by atomic mass is 16.5. The third-order valence-corrected chi connectivity index (χ3v) is 4.39. The number of carbonyl (C=O) groups is 2. The fourth-order valence-corrected chi connectivity index (χ4v) is 3.01. The van der Waals surface area contributed by atoms with Gasteiger partial charge in [-0.05, 0) is 55.7 Å². The summed E-state index contributed by atoms with van der Waals surface area (Å²) in [7, 11) is 1.44. The molecule has 0 heterocycles. The van der Waals surface area contributed by atoms with E-state index in [0.717, 1.165) is 31.2 Å². The van der Waals surface area contributed by atoms with E-state index in [1.165, 1.54) is 12.7 Å². The second kappa shape index (κ2) is 7.25. The van der Waals surface area contributed by atoms with E-state index >= 15 is 0 Å². The first kappa shape index (κ1) is 16.3. The summed E-state index contributed by atoms with van der Waals surface area (Å²) >= 11 is 0. The molecule has 2 rings (SSSR count). The Labute approximate surface area is 130 Å². The molecular weight excluding hydrogens is 280 g/mol. The number of carboxylic acids is 1. The number of carbonyl (C=O) groups excluding carboxylic acids is 1. The molecule has 1 aromatic rings. The lowest BCUT2D eigenvalue weighted by Gasteiger charge is -2.27. The molecule has 0 atom stereocenters. The Morgan fingerprint density at radius 1 is 1.14 bits per heavy atom. The Hall–Kier alpha value is -2.10. The second-order valence-electron chi connectivity index (χ2n) is 5.87. The molecule has 1 saturated carbocycles. The van der Waals surface area contributed by atoms with E-state index in [1.54, 1.807) is 13.0 Å². The summed E-state index contributed by atoms with van der Waals surface area (Å²) in [5.74, 6) is -0.477. The summed E-state index contributed by atoms with van der Waals surface area (Å²) in [5.41, 5.74) is 2.48. The zero-order chi connectivity index (χ0) is 16.1. The minimum atomic E-state index is -0.898. The Kier molecular flexibility index (Phi) is 5.36. The van der Waals surface area contributed by atoms with Crippen LogP contribution in [0.4, 0.5) is 0 Å². The largest absolute Gasteiger partial charge is 0.478 e. The number of aliphatic carboxylic acids is 1. The number of hydrogen-bond donors (Lipinski definition) is 1. The van der Waals surface area contributed by atoms with Gasteiger partial charge in [-0.25, -0.2) is 4.79 Å². The monoisotopic (exact) mass is 302 g/mol. The van der Waals surface area contributed by atoms with E-state index in [1.807, 2.05) is 12.1 Å². The van der Waals surface area contributed by atoms with Crippen molar-refractivity contribution in [3.8, 4) is 0 Å². The topological polar surface area (TPSA) is 63.6 Å². The molecule has 0 bridgehead atoms. The van der Waals surface area contributed by atoms with Crippen LogP contribution < -0.4 is 0 Å². The quantitative estimate of drug-likeness (QED) is 0.681. The van der Waals surface area contributed by atoms with Gasteiger partial charge in [0.2, 0.25) is 0 Å². The van der Waals surface area contributed by atoms with Gasteiger partial charge in [-0.15, -0.1) is 0 Å². The van der Waals surface area contributed by atoms with Crippen LogP contribution in [0.1, 0.15) is 49.7 Å². The predicted octanol–water partition coefficient (Wildman–Crippen LogP) is 3.62. The van der Waals surface area contributed by atoms with Crippen LogP contribution in [0.2, 0.25) is 0 Å². The normalized spacial score (nSPS) is 22.2. The lowest BCUT2D eigenvalue weighted by molar-refractivity contribution is -0.146. The maximum atomic E-state index is 11.5. The zero-order valence-electron chi connectivity index (χ0n) is 13.0. The molecule has 1 aliphatic rings. The van der Waals surface area contributed by atoms with Gasteiger partial charge in [-0.3, -0.25) is 4.79 Å². The predicted molar refractivity (Wildman–Crippen MR) is 84.4 cm³/mol. The van der Waals surface area contributed by atoms with Crippen LogP contribution in [0.3, 0.4) is 0 Å². The van der Waals surface area contributed by atoms with Crippen molar-refractivity contribution in [1.29, 1.82) is 0 Å². The van der Waals surface area contributed by atoms with Crippen molar-refractivity contribution in [3.63, 3.8) is 0 Å². The zero-order valence-corrected chi connectivity index (χ0v) is 13.0. The molecule has 0 aliphatic heterocycles. The van der Waals surface area contributed by atoms with E-state index in [4.69, 9.17) is 9.84 Å². The summed E-state index contributed by atoms with van der Waals surface area (Å²) in [5, 5.41) is 8.89. The van der Waals surface area contributed by atoms with E-state index in [-0.39, 0.29) is 11.9 Å². The molecule has 0 unspecified atom stereocenters. The van der Waals surface area contributed by atoms with E-state index in [9.17, 15) is 9.59 Å². The minimum Gasteiger partial charge on any atom is -0.478 e. The molecule has 0 amide bonds. The van der Waals surface area contributed by atoms with Crippen LogP contribution in [0.25, 0.3) is 6.08 Å². The Morgan fingerprint density at radius 2 is 1.73 bits per heavy atom. The number of benzene rings is 1. The SMILES string of the molecule is COC(=O)C1CCC(c2ccc(C=C(C)C(=O)O)cc2)CC1. The molecule has 118 valence electrons. The van der Waals surface area contributed by atoms with E-state index in [0.29, 0.717) is 11.5 Å². The van der Waals surface area contributed by atoms with Crippen LogP contribution in [-0.2, 0) is 14.3 Å². The molecule has 1 aliphatic carbocycles. The molecule has 22 heavy (non-hydrogen) atoms. The highest BCUT2D eigenvalue weighted by Crippen LogP contribution is 2.36. The number of esters is 1. The van der Waals surface area contributed by atoms with Crippen LogP contribution in [0.5, 0.6) is 0 Å². The van der Waals surface area contributed by atoms with Gasteiger partial charge >= 0.3 is 11.9 Å². The van der Waals surface area contributed by atoms with Gasteiger partial charge < -0.3 is 9.84 Å². The van der Waals surface area contributed by atoms with Crippen LogP contribution >= 0.6 is 0 Å². The molecule has 1 N–H and O–H groups in total. The van der Waals surface area contributed by atoms with Gasteiger partial charge in [0.15, 0.2) is 0 Å². The third-order valence-electron chi connectivity index (χ3n) is 4.39. The smallest absolute Gasteiger partial charge is 0.331 e. The van der Waals surface area contributed by atoms with Crippen LogP contribution in [0.15, 0.2) is 29.8 Å². The molecule has 0 aromatic heterocycles. The van der Waals surface area contributed by atoms with Crippen molar-refractivity contribution in [2.24, 2.45) is 5.92 Å². The van der Waals surface area contributed by atoms with Crippen molar-refractivity contribution in [2.75, 3.05) is 7.11 Å². The fourth-order valence-electron chi connectivity index (χ4n) is 3.01. The standard InChI is InChI=1S/C18H22O4/c1-12(17(19)20)11-13-3-5-14(6-4-13)15-7-9-16(10-8-15)18(21)22-2/h3-6,11,15-16H,7-10H2,1-2H3,(H,19,20). The fraction of sp³-hybridized carbons (Fsp3) is 0.444. The van der Waals surface area contributed by atoms with Crippen molar-refractivity contribution >= 4 is 18.0 Å². The van der Waals surface area contributed by atoms with Gasteiger partial charge in [0.1, 0.15) is 0 Å². The van der Waals surface area contributed by atoms with E-state index < -0.39 is 5.97 Å². The molecule has 0 saturated heterocycles. The van der Waals surface area contributed by atoms with Gasteiger partial charge in [-0.1, -0.05) is 24.3 Å². The molecule has 1 aromatic carbocycles. The first-order valence-corrected chi connectivity index (χ1v) is 7.60. The molecular formula is C18H22O4. The third kappa shape index (κ3) is 3.97. The Morgan fingerprint density at radius 3 is 2.23 bits per heavy atom. The molecule has 4 heteroatoms. The second-order valence-corrected chi connectivity index (χ2v) is 5.87.